The van der Waals surface area contributed by atoms with Gasteiger partial charge in [-0.05, 0) is 37.4 Å². The fourth-order valence-corrected chi connectivity index (χ4v) is 3.61. The first-order valence-electron chi connectivity index (χ1n) is 9.34. The van der Waals surface area contributed by atoms with Gasteiger partial charge in [-0.2, -0.15) is 0 Å². The highest BCUT2D eigenvalue weighted by molar-refractivity contribution is 6.03. The van der Waals surface area contributed by atoms with Gasteiger partial charge < -0.3 is 4.90 Å². The SMILES string of the molecule is CCN(C(=O)Cn1c(C)nc2ccccc2c1=O)c1cccc2ccccc12. The molecular weight excluding hydrogens is 350 g/mol. The molecular formula is C23H21N3O2. The minimum absolute atomic E-state index is 0.0421. The molecule has 0 unspecified atom stereocenters. The Morgan fingerprint density at radius 2 is 1.64 bits per heavy atom. The number of carbonyl (C=O) groups excluding carboxylic acids is 1. The third-order valence-electron chi connectivity index (χ3n) is 5.02. The van der Waals surface area contributed by atoms with Crippen LogP contribution in [0.25, 0.3) is 21.7 Å². The monoisotopic (exact) mass is 371 g/mol. The second-order valence-electron chi connectivity index (χ2n) is 6.70. The number of rotatable bonds is 4. The number of para-hydroxylation sites is 1. The number of likely N-dealkylation sites (N-methyl/N-ethyl adjacent to an activating group) is 1. The maximum Gasteiger partial charge on any atom is 0.261 e. The number of benzene rings is 3. The van der Waals surface area contributed by atoms with E-state index < -0.39 is 0 Å². The van der Waals surface area contributed by atoms with Crippen LogP contribution in [0.1, 0.15) is 12.7 Å². The lowest BCUT2D eigenvalue weighted by molar-refractivity contribution is -0.119. The molecule has 4 rings (SSSR count). The van der Waals surface area contributed by atoms with Gasteiger partial charge in [0.2, 0.25) is 5.91 Å². The topological polar surface area (TPSA) is 55.2 Å². The highest BCUT2D eigenvalue weighted by Gasteiger charge is 2.19. The Morgan fingerprint density at radius 1 is 0.964 bits per heavy atom. The number of fused-ring (bicyclic) bond motifs is 2. The van der Waals surface area contributed by atoms with E-state index in [4.69, 9.17) is 0 Å². The van der Waals surface area contributed by atoms with Crippen molar-refractivity contribution < 1.29 is 4.79 Å². The summed E-state index contributed by atoms with van der Waals surface area (Å²) >= 11 is 0. The number of nitrogens with zero attached hydrogens (tertiary/aromatic N) is 3. The van der Waals surface area contributed by atoms with Crippen LogP contribution in [0.15, 0.2) is 71.5 Å². The van der Waals surface area contributed by atoms with Crippen molar-refractivity contribution in [1.82, 2.24) is 9.55 Å². The molecule has 0 saturated heterocycles. The molecule has 0 aliphatic heterocycles. The number of aryl methyl sites for hydroxylation is 1. The van der Waals surface area contributed by atoms with Crippen LogP contribution in [0.4, 0.5) is 5.69 Å². The lowest BCUT2D eigenvalue weighted by Crippen LogP contribution is -2.37. The Balaban J connectivity index is 1.75. The van der Waals surface area contributed by atoms with E-state index in [0.29, 0.717) is 23.3 Å². The molecule has 0 bridgehead atoms. The number of hydrogen-bond donors (Lipinski definition) is 0. The van der Waals surface area contributed by atoms with Gasteiger partial charge in [0.25, 0.3) is 5.56 Å². The predicted molar refractivity (Wildman–Crippen MR) is 113 cm³/mol. The average molecular weight is 371 g/mol. The van der Waals surface area contributed by atoms with Gasteiger partial charge >= 0.3 is 0 Å². The van der Waals surface area contributed by atoms with Gasteiger partial charge in [0, 0.05) is 11.9 Å². The third-order valence-corrected chi connectivity index (χ3v) is 5.02. The molecule has 0 aliphatic rings. The first-order valence-corrected chi connectivity index (χ1v) is 9.34. The number of anilines is 1. The second-order valence-corrected chi connectivity index (χ2v) is 6.70. The molecule has 5 nitrogen and oxygen atoms in total. The fourth-order valence-electron chi connectivity index (χ4n) is 3.61. The van der Waals surface area contributed by atoms with E-state index in [1.165, 1.54) is 4.57 Å². The largest absolute Gasteiger partial charge is 0.311 e. The zero-order valence-corrected chi connectivity index (χ0v) is 15.9. The summed E-state index contributed by atoms with van der Waals surface area (Å²) in [5.74, 6) is 0.396. The van der Waals surface area contributed by atoms with Crippen LogP contribution in [0, 0.1) is 6.92 Å². The van der Waals surface area contributed by atoms with Gasteiger partial charge in [-0.15, -0.1) is 0 Å². The number of amides is 1. The molecule has 3 aromatic carbocycles. The lowest BCUT2D eigenvalue weighted by Gasteiger charge is -2.23. The normalized spacial score (nSPS) is 11.1. The van der Waals surface area contributed by atoms with Crippen LogP contribution in [-0.2, 0) is 11.3 Å². The smallest absolute Gasteiger partial charge is 0.261 e. The summed E-state index contributed by atoms with van der Waals surface area (Å²) in [5, 5.41) is 2.61. The Morgan fingerprint density at radius 3 is 2.43 bits per heavy atom. The first-order chi connectivity index (χ1) is 13.6. The minimum atomic E-state index is -0.189. The van der Waals surface area contributed by atoms with Crippen LogP contribution >= 0.6 is 0 Å². The number of aromatic nitrogens is 2. The summed E-state index contributed by atoms with van der Waals surface area (Å²) in [7, 11) is 0. The van der Waals surface area contributed by atoms with E-state index in [9.17, 15) is 9.59 Å². The van der Waals surface area contributed by atoms with E-state index in [0.717, 1.165) is 16.5 Å². The summed E-state index contributed by atoms with van der Waals surface area (Å²) in [6.07, 6.45) is 0. The molecule has 28 heavy (non-hydrogen) atoms. The van der Waals surface area contributed by atoms with Gasteiger partial charge in [-0.1, -0.05) is 48.5 Å². The lowest BCUT2D eigenvalue weighted by atomic mass is 10.1. The Bertz CT molecular complexity index is 1240. The number of hydrogen-bond acceptors (Lipinski definition) is 3. The van der Waals surface area contributed by atoms with Crippen LogP contribution < -0.4 is 10.5 Å². The van der Waals surface area contributed by atoms with Crippen molar-refractivity contribution in [2.75, 3.05) is 11.4 Å². The molecule has 0 atom stereocenters. The van der Waals surface area contributed by atoms with Crippen molar-refractivity contribution >= 4 is 33.3 Å². The van der Waals surface area contributed by atoms with Crippen molar-refractivity contribution in [3.8, 4) is 0 Å². The van der Waals surface area contributed by atoms with E-state index in [-0.39, 0.29) is 18.0 Å². The van der Waals surface area contributed by atoms with E-state index in [1.54, 1.807) is 24.0 Å². The quantitative estimate of drug-likeness (QED) is 0.546. The average Bonchev–Trinajstić information content (AvgIpc) is 2.72. The van der Waals surface area contributed by atoms with Gasteiger partial charge in [0.1, 0.15) is 12.4 Å². The Kier molecular flexibility index (Phi) is 4.65. The van der Waals surface area contributed by atoms with E-state index in [2.05, 4.69) is 4.98 Å². The highest BCUT2D eigenvalue weighted by Crippen LogP contribution is 2.27. The van der Waals surface area contributed by atoms with Crippen molar-refractivity contribution in [3.63, 3.8) is 0 Å². The standard InChI is InChI=1S/C23H21N3O2/c1-3-25(21-14-8-10-17-9-4-5-11-18(17)21)22(27)15-26-16(2)24-20-13-7-6-12-19(20)23(26)28/h4-14H,3,15H2,1-2H3. The minimum Gasteiger partial charge on any atom is -0.311 e. The summed E-state index contributed by atoms with van der Waals surface area (Å²) in [6.45, 7) is 4.17. The van der Waals surface area contributed by atoms with Crippen molar-refractivity contribution in [3.05, 3.63) is 82.9 Å². The molecule has 5 heteroatoms. The second kappa shape index (κ2) is 7.27. The van der Waals surface area contributed by atoms with Gasteiger partial charge in [0.05, 0.1) is 16.6 Å². The summed E-state index contributed by atoms with van der Waals surface area (Å²) in [4.78, 5) is 32.3. The van der Waals surface area contributed by atoms with Crippen LogP contribution in [-0.4, -0.2) is 22.0 Å². The van der Waals surface area contributed by atoms with Crippen molar-refractivity contribution in [1.29, 1.82) is 0 Å². The molecule has 1 amide bonds. The number of carbonyl (C=O) groups is 1. The predicted octanol–water partition coefficient (Wildman–Crippen LogP) is 3.91. The summed E-state index contributed by atoms with van der Waals surface area (Å²) in [5.41, 5.74) is 1.31. The Labute approximate surface area is 162 Å². The van der Waals surface area contributed by atoms with Crippen LogP contribution in [0.3, 0.4) is 0 Å². The third kappa shape index (κ3) is 3.05. The van der Waals surface area contributed by atoms with E-state index >= 15 is 0 Å². The maximum absolute atomic E-state index is 13.2. The summed E-state index contributed by atoms with van der Waals surface area (Å²) in [6, 6.07) is 21.1. The van der Waals surface area contributed by atoms with E-state index in [1.807, 2.05) is 61.5 Å². The zero-order chi connectivity index (χ0) is 19.7. The molecule has 0 spiro atoms. The molecule has 4 aromatic rings. The fraction of sp³-hybridized carbons (Fsp3) is 0.174. The molecule has 1 heterocycles. The maximum atomic E-state index is 13.2. The first kappa shape index (κ1) is 17.9. The summed E-state index contributed by atoms with van der Waals surface area (Å²) < 4.78 is 1.46. The molecule has 0 fully saturated rings. The van der Waals surface area contributed by atoms with Crippen LogP contribution in [0.2, 0.25) is 0 Å². The Hall–Kier alpha value is -3.47. The highest BCUT2D eigenvalue weighted by atomic mass is 16.2. The molecule has 0 N–H and O–H groups in total. The zero-order valence-electron chi connectivity index (χ0n) is 15.9. The van der Waals surface area contributed by atoms with Gasteiger partial charge in [0.15, 0.2) is 0 Å². The molecule has 140 valence electrons. The van der Waals surface area contributed by atoms with Crippen molar-refractivity contribution in [2.45, 2.75) is 20.4 Å². The molecule has 1 aromatic heterocycles. The van der Waals surface area contributed by atoms with Gasteiger partial charge in [-0.3, -0.25) is 14.2 Å². The van der Waals surface area contributed by atoms with Crippen molar-refractivity contribution in [2.24, 2.45) is 0 Å². The van der Waals surface area contributed by atoms with Crippen LogP contribution in [0.5, 0.6) is 0 Å². The van der Waals surface area contributed by atoms with Gasteiger partial charge in [-0.25, -0.2) is 4.98 Å². The molecule has 0 aliphatic carbocycles. The molecule has 0 saturated carbocycles. The molecule has 0 radical (unpaired) electrons.